The van der Waals surface area contributed by atoms with E-state index in [-0.39, 0.29) is 5.69 Å². The normalized spacial score (nSPS) is 19.5. The summed E-state index contributed by atoms with van der Waals surface area (Å²) in [4.78, 5) is 17.2. The molecule has 0 unspecified atom stereocenters. The number of nitro groups is 1. The zero-order chi connectivity index (χ0) is 18.4. The van der Waals surface area contributed by atoms with Crippen LogP contribution < -0.4 is 5.73 Å². The van der Waals surface area contributed by atoms with Crippen molar-refractivity contribution in [3.05, 3.63) is 39.9 Å². The second-order valence-electron chi connectivity index (χ2n) is 6.76. The number of nitrogens with zero attached hydrogens (tertiary/aromatic N) is 5. The van der Waals surface area contributed by atoms with E-state index in [1.165, 1.54) is 25.0 Å². The van der Waals surface area contributed by atoms with E-state index in [2.05, 4.69) is 9.89 Å². The topological polar surface area (TPSA) is 100 Å². The van der Waals surface area contributed by atoms with Gasteiger partial charge in [0.15, 0.2) is 11.8 Å². The first-order valence-electron chi connectivity index (χ1n) is 9.31. The first kappa shape index (κ1) is 18.2. The van der Waals surface area contributed by atoms with Crippen LogP contribution in [0, 0.1) is 10.1 Å². The molecule has 2 fully saturated rings. The Morgan fingerprint density at radius 2 is 1.54 bits per heavy atom. The van der Waals surface area contributed by atoms with Crippen molar-refractivity contribution in [1.29, 1.82) is 0 Å². The van der Waals surface area contributed by atoms with Gasteiger partial charge in [-0.3, -0.25) is 15.1 Å². The molecule has 0 amide bonds. The van der Waals surface area contributed by atoms with Crippen molar-refractivity contribution in [2.75, 3.05) is 26.2 Å². The first-order chi connectivity index (χ1) is 12.6. The van der Waals surface area contributed by atoms with Crippen molar-refractivity contribution >= 4 is 17.5 Å². The molecule has 8 nitrogen and oxygen atoms in total. The number of hydrazone groups is 1. The molecule has 2 saturated heterocycles. The third-order valence-electron chi connectivity index (χ3n) is 4.81. The predicted molar refractivity (Wildman–Crippen MR) is 102 cm³/mol. The van der Waals surface area contributed by atoms with Crippen LogP contribution >= 0.6 is 0 Å². The van der Waals surface area contributed by atoms with E-state index in [1.54, 1.807) is 12.1 Å². The summed E-state index contributed by atoms with van der Waals surface area (Å²) >= 11 is 0. The molecule has 3 rings (SSSR count). The molecule has 0 aliphatic carbocycles. The molecule has 0 radical (unpaired) electrons. The minimum absolute atomic E-state index is 0.0547. The maximum atomic E-state index is 10.9. The Bertz CT molecular complexity index is 673. The van der Waals surface area contributed by atoms with Crippen LogP contribution in [0.15, 0.2) is 34.4 Å². The van der Waals surface area contributed by atoms with Gasteiger partial charge in [0.1, 0.15) is 0 Å². The van der Waals surface area contributed by atoms with Crippen LogP contribution in [0.4, 0.5) is 5.69 Å². The van der Waals surface area contributed by atoms with Crippen molar-refractivity contribution < 1.29 is 4.92 Å². The monoisotopic (exact) mass is 358 g/mol. The fourth-order valence-electron chi connectivity index (χ4n) is 3.29. The Kier molecular flexibility index (Phi) is 6.04. The number of rotatable bonds is 3. The van der Waals surface area contributed by atoms with Crippen LogP contribution in [0.25, 0.3) is 0 Å². The molecule has 2 N–H and O–H groups in total. The molecule has 0 bridgehead atoms. The van der Waals surface area contributed by atoms with E-state index >= 15 is 0 Å². The summed E-state index contributed by atoms with van der Waals surface area (Å²) in [6.45, 7) is 3.62. The quantitative estimate of drug-likeness (QED) is 0.387. The molecular formula is C18H26N6O2. The number of benzene rings is 1. The van der Waals surface area contributed by atoms with Crippen molar-refractivity contribution in [3.8, 4) is 0 Å². The fraction of sp³-hybridized carbons (Fsp3) is 0.556. The number of non-ortho nitro benzene ring substituents is 1. The minimum atomic E-state index is -0.406. The molecule has 26 heavy (non-hydrogen) atoms. The van der Waals surface area contributed by atoms with Crippen LogP contribution in [-0.2, 0) is 0 Å². The number of aliphatic imine (C=N–C) groups is 1. The van der Waals surface area contributed by atoms with Gasteiger partial charge in [0.25, 0.3) is 5.69 Å². The summed E-state index contributed by atoms with van der Waals surface area (Å²) in [5, 5.41) is 17.6. The Balaban J connectivity index is 1.87. The van der Waals surface area contributed by atoms with E-state index in [0.717, 1.165) is 57.4 Å². The average Bonchev–Trinajstić information content (AvgIpc) is 2.69. The van der Waals surface area contributed by atoms with Gasteiger partial charge in [-0.05, 0) is 50.7 Å². The van der Waals surface area contributed by atoms with Crippen molar-refractivity contribution in [3.63, 3.8) is 0 Å². The highest BCUT2D eigenvalue weighted by molar-refractivity contribution is 6.05. The van der Waals surface area contributed by atoms with Gasteiger partial charge < -0.3 is 10.6 Å². The highest BCUT2D eigenvalue weighted by Gasteiger charge is 2.16. The summed E-state index contributed by atoms with van der Waals surface area (Å²) in [7, 11) is 0. The Hall–Kier alpha value is -2.64. The van der Waals surface area contributed by atoms with Gasteiger partial charge in [0.05, 0.1) is 4.92 Å². The van der Waals surface area contributed by atoms with Crippen molar-refractivity contribution in [2.24, 2.45) is 15.8 Å². The number of hydrogen-bond acceptors (Lipinski definition) is 4. The number of nitro benzene ring substituents is 1. The highest BCUT2D eigenvalue weighted by atomic mass is 16.6. The molecular weight excluding hydrogens is 332 g/mol. The van der Waals surface area contributed by atoms with Gasteiger partial charge in [-0.25, -0.2) is 0 Å². The lowest BCUT2D eigenvalue weighted by Crippen LogP contribution is -2.41. The zero-order valence-corrected chi connectivity index (χ0v) is 15.0. The third-order valence-corrected chi connectivity index (χ3v) is 4.81. The first-order valence-corrected chi connectivity index (χ1v) is 9.31. The summed E-state index contributed by atoms with van der Waals surface area (Å²) in [5.74, 6) is 0.990. The highest BCUT2D eigenvalue weighted by Crippen LogP contribution is 2.16. The fourth-order valence-corrected chi connectivity index (χ4v) is 3.29. The number of nitrogens with two attached hydrogens (primary N) is 1. The summed E-state index contributed by atoms with van der Waals surface area (Å²) in [5.41, 5.74) is 7.03. The van der Waals surface area contributed by atoms with Gasteiger partial charge in [-0.15, -0.1) is 0 Å². The van der Waals surface area contributed by atoms with E-state index in [4.69, 9.17) is 10.8 Å². The minimum Gasteiger partial charge on any atom is -0.369 e. The van der Waals surface area contributed by atoms with Gasteiger partial charge in [0.2, 0.25) is 0 Å². The second-order valence-corrected chi connectivity index (χ2v) is 6.76. The second kappa shape index (κ2) is 8.64. The van der Waals surface area contributed by atoms with E-state index in [0.29, 0.717) is 11.8 Å². The lowest BCUT2D eigenvalue weighted by molar-refractivity contribution is -0.384. The van der Waals surface area contributed by atoms with Crippen molar-refractivity contribution in [1.82, 2.24) is 9.91 Å². The van der Waals surface area contributed by atoms with E-state index < -0.39 is 4.92 Å². The number of hydrogen-bond donors (Lipinski definition) is 1. The van der Waals surface area contributed by atoms with Gasteiger partial charge in [0, 0.05) is 43.9 Å². The molecule has 0 aromatic heterocycles. The summed E-state index contributed by atoms with van der Waals surface area (Å²) < 4.78 is 0. The molecule has 1 aromatic rings. The molecule has 8 heteroatoms. The standard InChI is InChI=1S/C18H26N6O2/c19-18(22-11-3-1-4-12-22)20-17(21-23-13-5-2-6-14-23)15-7-9-16(10-8-15)24(25)26/h7-10H,1-6,11-14H2,(H2,19,20,21). The number of guanidine groups is 1. The molecule has 0 atom stereocenters. The lowest BCUT2D eigenvalue weighted by Gasteiger charge is -2.28. The lowest BCUT2D eigenvalue weighted by atomic mass is 10.1. The smallest absolute Gasteiger partial charge is 0.269 e. The number of amidine groups is 1. The predicted octanol–water partition coefficient (Wildman–Crippen LogP) is 2.54. The van der Waals surface area contributed by atoms with E-state index in [9.17, 15) is 10.1 Å². The SMILES string of the molecule is NC(=N/C(=N/N1CCCCC1)c1ccc([N+](=O)[O-])cc1)N1CCCCC1. The maximum Gasteiger partial charge on any atom is 0.269 e. The zero-order valence-electron chi connectivity index (χ0n) is 15.0. The van der Waals surface area contributed by atoms with Crippen LogP contribution in [0.3, 0.4) is 0 Å². The molecule has 0 spiro atoms. The molecule has 2 heterocycles. The number of likely N-dealkylation sites (tertiary alicyclic amines) is 1. The Morgan fingerprint density at radius 3 is 2.12 bits per heavy atom. The molecule has 1 aromatic carbocycles. The molecule has 0 saturated carbocycles. The van der Waals surface area contributed by atoms with Crippen molar-refractivity contribution in [2.45, 2.75) is 38.5 Å². The third kappa shape index (κ3) is 4.71. The maximum absolute atomic E-state index is 10.9. The molecule has 2 aliphatic heterocycles. The molecule has 140 valence electrons. The average molecular weight is 358 g/mol. The Morgan fingerprint density at radius 1 is 0.962 bits per heavy atom. The van der Waals surface area contributed by atoms with Gasteiger partial charge in [-0.1, -0.05) is 0 Å². The molecule has 2 aliphatic rings. The summed E-state index contributed by atoms with van der Waals surface area (Å²) in [6.07, 6.45) is 6.91. The van der Waals surface area contributed by atoms with Crippen LogP contribution in [-0.4, -0.2) is 52.8 Å². The number of piperidine rings is 2. The van der Waals surface area contributed by atoms with Crippen LogP contribution in [0.5, 0.6) is 0 Å². The van der Waals surface area contributed by atoms with Crippen LogP contribution in [0.1, 0.15) is 44.1 Å². The summed E-state index contributed by atoms with van der Waals surface area (Å²) in [6, 6.07) is 6.34. The Labute approximate surface area is 153 Å². The largest absolute Gasteiger partial charge is 0.369 e. The van der Waals surface area contributed by atoms with Gasteiger partial charge in [-0.2, -0.15) is 10.1 Å². The van der Waals surface area contributed by atoms with Gasteiger partial charge >= 0.3 is 0 Å². The van der Waals surface area contributed by atoms with E-state index in [1.807, 2.05) is 5.01 Å². The van der Waals surface area contributed by atoms with Crippen LogP contribution in [0.2, 0.25) is 0 Å².